The molecule has 0 radical (unpaired) electrons. The average Bonchev–Trinajstić information content (AvgIpc) is 3.02. The fourth-order valence-corrected chi connectivity index (χ4v) is 4.17. The summed E-state index contributed by atoms with van der Waals surface area (Å²) in [6.45, 7) is 3.96. The van der Waals surface area contributed by atoms with Gasteiger partial charge in [0.2, 0.25) is 0 Å². The third-order valence-electron chi connectivity index (χ3n) is 5.72. The van der Waals surface area contributed by atoms with Gasteiger partial charge < -0.3 is 0 Å². The molecule has 144 valence electrons. The molecule has 29 heavy (non-hydrogen) atoms. The molecule has 0 amide bonds. The van der Waals surface area contributed by atoms with Crippen LogP contribution in [0.3, 0.4) is 0 Å². The van der Waals surface area contributed by atoms with Crippen LogP contribution in [0.15, 0.2) is 54.7 Å². The van der Waals surface area contributed by atoms with Crippen molar-refractivity contribution in [2.75, 3.05) is 0 Å². The van der Waals surface area contributed by atoms with Gasteiger partial charge in [-0.1, -0.05) is 42.0 Å². The molecular weight excluding hydrogens is 365 g/mol. The third kappa shape index (κ3) is 3.03. The zero-order valence-corrected chi connectivity index (χ0v) is 16.3. The van der Waals surface area contributed by atoms with Crippen LogP contribution in [-0.2, 0) is 6.42 Å². The Kier molecular flexibility index (Phi) is 4.05. The lowest BCUT2D eigenvalue weighted by Crippen LogP contribution is -2.21. The minimum atomic E-state index is -0.278. The number of nitrogens with zero attached hydrogens (tertiary/aromatic N) is 3. The molecule has 1 atom stereocenters. The lowest BCUT2D eigenvalue weighted by molar-refractivity contribution is 0.0962. The van der Waals surface area contributed by atoms with Crippen LogP contribution in [-0.4, -0.2) is 20.4 Å². The molecule has 5 rings (SSSR count). The molecule has 1 aliphatic carbocycles. The van der Waals surface area contributed by atoms with Crippen molar-refractivity contribution >= 4 is 11.4 Å². The van der Waals surface area contributed by atoms with Crippen molar-refractivity contribution in [2.45, 2.75) is 32.6 Å². The van der Waals surface area contributed by atoms with E-state index in [1.54, 1.807) is 22.8 Å². The van der Waals surface area contributed by atoms with Crippen LogP contribution in [0, 0.1) is 19.7 Å². The number of Topliss-reactive ketones (excluding diaryl/α,β-unsaturated/α-hetero) is 1. The fraction of sp³-hybridized carbons (Fsp3) is 0.208. The number of benzene rings is 2. The van der Waals surface area contributed by atoms with E-state index >= 15 is 0 Å². The number of carbonyl (C=O) groups excluding carboxylic acids is 1. The Labute approximate surface area is 168 Å². The predicted octanol–water partition coefficient (Wildman–Crippen LogP) is 5.06. The molecule has 0 saturated heterocycles. The highest BCUT2D eigenvalue weighted by Crippen LogP contribution is 2.34. The van der Waals surface area contributed by atoms with Crippen molar-refractivity contribution in [3.8, 4) is 11.1 Å². The summed E-state index contributed by atoms with van der Waals surface area (Å²) in [5.41, 5.74) is 7.06. The lowest BCUT2D eigenvalue weighted by atomic mass is 9.82. The van der Waals surface area contributed by atoms with Crippen molar-refractivity contribution in [1.82, 2.24) is 14.6 Å². The summed E-state index contributed by atoms with van der Waals surface area (Å²) in [6.07, 6.45) is 2.99. The van der Waals surface area contributed by atoms with Gasteiger partial charge in [-0.15, -0.1) is 0 Å². The maximum Gasteiger partial charge on any atom is 0.166 e. The maximum absolute atomic E-state index is 13.4. The van der Waals surface area contributed by atoms with Crippen LogP contribution in [0.5, 0.6) is 0 Å². The predicted molar refractivity (Wildman–Crippen MR) is 110 cm³/mol. The zero-order chi connectivity index (χ0) is 20.1. The van der Waals surface area contributed by atoms with Gasteiger partial charge in [0.15, 0.2) is 11.4 Å². The van der Waals surface area contributed by atoms with Gasteiger partial charge in [-0.2, -0.15) is 5.10 Å². The number of ketones is 1. The number of hydrogen-bond donors (Lipinski definition) is 0. The second-order valence-electron chi connectivity index (χ2n) is 7.78. The Hall–Kier alpha value is -3.34. The molecule has 1 unspecified atom stereocenters. The standard InChI is InChI=1S/C24H20FN3O/c1-14-3-5-16(6-4-14)18-11-21-20(22(29)12-18)13-28-24(26-21)23(15(2)27-28)17-7-9-19(25)10-8-17/h3-10,13,18H,11-12H2,1-2H3. The van der Waals surface area contributed by atoms with Crippen LogP contribution >= 0.6 is 0 Å². The van der Waals surface area contributed by atoms with E-state index in [1.165, 1.54) is 23.3 Å². The molecule has 0 spiro atoms. The molecule has 1 aliphatic rings. The Morgan fingerprint density at radius 1 is 1.00 bits per heavy atom. The zero-order valence-electron chi connectivity index (χ0n) is 16.3. The Morgan fingerprint density at radius 2 is 1.72 bits per heavy atom. The SMILES string of the molecule is Cc1ccc(C2CC(=O)c3cn4nc(C)c(-c5ccc(F)cc5)c4nc3C2)cc1. The van der Waals surface area contributed by atoms with Gasteiger partial charge in [-0.25, -0.2) is 13.9 Å². The van der Waals surface area contributed by atoms with E-state index in [-0.39, 0.29) is 17.5 Å². The molecule has 5 heteroatoms. The number of aromatic nitrogens is 3. The first kappa shape index (κ1) is 17.7. The average molecular weight is 385 g/mol. The summed E-state index contributed by atoms with van der Waals surface area (Å²) in [7, 11) is 0. The van der Waals surface area contributed by atoms with Gasteiger partial charge >= 0.3 is 0 Å². The summed E-state index contributed by atoms with van der Waals surface area (Å²) >= 11 is 0. The van der Waals surface area contributed by atoms with Crippen LogP contribution in [0.2, 0.25) is 0 Å². The third-order valence-corrected chi connectivity index (χ3v) is 5.72. The summed E-state index contributed by atoms with van der Waals surface area (Å²) < 4.78 is 15.0. The molecule has 2 aromatic carbocycles. The molecular formula is C24H20FN3O. The number of rotatable bonds is 2. The van der Waals surface area contributed by atoms with E-state index in [9.17, 15) is 9.18 Å². The number of halogens is 1. The van der Waals surface area contributed by atoms with Gasteiger partial charge in [-0.05, 0) is 49.4 Å². The highest BCUT2D eigenvalue weighted by Gasteiger charge is 2.29. The van der Waals surface area contributed by atoms with Gasteiger partial charge in [-0.3, -0.25) is 4.79 Å². The first-order valence-electron chi connectivity index (χ1n) is 9.74. The monoisotopic (exact) mass is 385 g/mol. The van der Waals surface area contributed by atoms with Gasteiger partial charge in [0, 0.05) is 18.2 Å². The van der Waals surface area contributed by atoms with Crippen molar-refractivity contribution in [1.29, 1.82) is 0 Å². The van der Waals surface area contributed by atoms with Crippen LogP contribution in [0.4, 0.5) is 4.39 Å². The number of carbonyl (C=O) groups is 1. The normalized spacial score (nSPS) is 16.2. The maximum atomic E-state index is 13.4. The molecule has 4 nitrogen and oxygen atoms in total. The van der Waals surface area contributed by atoms with Crippen molar-refractivity contribution in [2.24, 2.45) is 0 Å². The second kappa shape index (κ2) is 6.62. The van der Waals surface area contributed by atoms with E-state index in [2.05, 4.69) is 36.3 Å². The summed E-state index contributed by atoms with van der Waals surface area (Å²) in [5.74, 6) is -0.0497. The fourth-order valence-electron chi connectivity index (χ4n) is 4.17. The molecule has 2 heterocycles. The summed E-state index contributed by atoms with van der Waals surface area (Å²) in [5, 5.41) is 4.55. The van der Waals surface area contributed by atoms with E-state index < -0.39 is 0 Å². The van der Waals surface area contributed by atoms with Gasteiger partial charge in [0.05, 0.1) is 17.0 Å². The number of hydrogen-bond acceptors (Lipinski definition) is 3. The van der Waals surface area contributed by atoms with E-state index in [0.29, 0.717) is 24.1 Å². The quantitative estimate of drug-likeness (QED) is 0.484. The second-order valence-corrected chi connectivity index (χ2v) is 7.78. The minimum Gasteiger partial charge on any atom is -0.294 e. The van der Waals surface area contributed by atoms with E-state index in [4.69, 9.17) is 4.98 Å². The van der Waals surface area contributed by atoms with E-state index in [1.807, 2.05) is 6.92 Å². The van der Waals surface area contributed by atoms with Gasteiger partial charge in [0.25, 0.3) is 0 Å². The largest absolute Gasteiger partial charge is 0.294 e. The smallest absolute Gasteiger partial charge is 0.166 e. The van der Waals surface area contributed by atoms with Crippen LogP contribution < -0.4 is 0 Å². The van der Waals surface area contributed by atoms with Crippen molar-refractivity contribution in [3.05, 3.63) is 88.6 Å². The molecule has 0 saturated carbocycles. The topological polar surface area (TPSA) is 47.3 Å². The highest BCUT2D eigenvalue weighted by molar-refractivity contribution is 5.99. The highest BCUT2D eigenvalue weighted by atomic mass is 19.1. The first-order valence-corrected chi connectivity index (χ1v) is 9.74. The molecule has 0 fully saturated rings. The number of fused-ring (bicyclic) bond motifs is 2. The molecule has 0 bridgehead atoms. The Bertz CT molecular complexity index is 1240. The lowest BCUT2D eigenvalue weighted by Gasteiger charge is -2.23. The van der Waals surface area contributed by atoms with E-state index in [0.717, 1.165) is 22.5 Å². The van der Waals surface area contributed by atoms with Gasteiger partial charge in [0.1, 0.15) is 5.82 Å². The first-order chi connectivity index (χ1) is 14.0. The molecule has 0 aliphatic heterocycles. The summed E-state index contributed by atoms with van der Waals surface area (Å²) in [6, 6.07) is 14.7. The molecule has 2 aromatic heterocycles. The van der Waals surface area contributed by atoms with Crippen molar-refractivity contribution < 1.29 is 9.18 Å². The Morgan fingerprint density at radius 3 is 2.45 bits per heavy atom. The van der Waals surface area contributed by atoms with Crippen molar-refractivity contribution in [3.63, 3.8) is 0 Å². The Balaban J connectivity index is 1.62. The number of aryl methyl sites for hydroxylation is 2. The van der Waals surface area contributed by atoms with Crippen LogP contribution in [0.1, 0.15) is 45.2 Å². The summed E-state index contributed by atoms with van der Waals surface area (Å²) in [4.78, 5) is 17.7. The molecule has 4 aromatic rings. The van der Waals surface area contributed by atoms with Crippen LogP contribution in [0.25, 0.3) is 16.8 Å². The minimum absolute atomic E-state index is 0.0997. The molecule has 0 N–H and O–H groups in total.